The van der Waals surface area contributed by atoms with Crippen molar-refractivity contribution in [2.75, 3.05) is 37.7 Å². The second-order valence-corrected chi connectivity index (χ2v) is 19.3. The molecule has 78 heavy (non-hydrogen) atoms. The van der Waals surface area contributed by atoms with Gasteiger partial charge in [0, 0.05) is 29.7 Å². The van der Waals surface area contributed by atoms with Crippen LogP contribution in [0.3, 0.4) is 0 Å². The first kappa shape index (κ1) is 52.2. The van der Waals surface area contributed by atoms with E-state index >= 15 is 19.2 Å². The van der Waals surface area contributed by atoms with Crippen molar-refractivity contribution in [3.63, 3.8) is 0 Å². The van der Waals surface area contributed by atoms with E-state index in [-0.39, 0.29) is 52.0 Å². The van der Waals surface area contributed by atoms with E-state index in [9.17, 15) is 24.8 Å². The average molecular weight is 1070 g/mol. The number of hydrogen-bond acceptors (Lipinski definition) is 17. The number of hydrogen-bond donors (Lipinski definition) is 2. The summed E-state index contributed by atoms with van der Waals surface area (Å²) >= 11 is 1.16. The fraction of sp³-hybridized carbons (Fsp3) is 0.224. The van der Waals surface area contributed by atoms with Crippen LogP contribution < -0.4 is 15.0 Å². The van der Waals surface area contributed by atoms with Crippen LogP contribution in [-0.2, 0) is 54.9 Å². The molecular weight excluding hydrogens is 1020 g/mol. The van der Waals surface area contributed by atoms with Gasteiger partial charge in [-0.15, -0.1) is 0 Å². The summed E-state index contributed by atoms with van der Waals surface area (Å²) in [6.07, 6.45) is -2.62. The highest BCUT2D eigenvalue weighted by atomic mass is 32.1. The second kappa shape index (κ2) is 22.1. The number of thiazole rings is 1. The van der Waals surface area contributed by atoms with Crippen molar-refractivity contribution in [3.8, 4) is 17.6 Å². The van der Waals surface area contributed by atoms with Crippen LogP contribution in [0.25, 0.3) is 10.2 Å². The molecule has 0 radical (unpaired) electrons. The minimum absolute atomic E-state index is 0.0424. The van der Waals surface area contributed by atoms with Crippen molar-refractivity contribution in [2.24, 2.45) is 11.8 Å². The number of amides is 3. The first-order valence-electron chi connectivity index (χ1n) is 24.5. The summed E-state index contributed by atoms with van der Waals surface area (Å²) in [5, 5.41) is 24.8. The number of nitrogens with one attached hydrogen (secondary N) is 1. The zero-order chi connectivity index (χ0) is 54.7. The number of aliphatic hydroxyl groups excluding tert-OH is 1. The number of esters is 3. The van der Waals surface area contributed by atoms with Gasteiger partial charge in [0.2, 0.25) is 11.8 Å². The van der Waals surface area contributed by atoms with Crippen LogP contribution in [0.2, 0.25) is 0 Å². The maximum Gasteiger partial charge on any atom is 0.421 e. The lowest BCUT2D eigenvalue weighted by molar-refractivity contribution is -0.384. The van der Waals surface area contributed by atoms with Gasteiger partial charge < -0.3 is 34.1 Å². The van der Waals surface area contributed by atoms with Crippen molar-refractivity contribution in [1.82, 2.24) is 9.88 Å². The number of fused-ring (bicyclic) bond motifs is 4. The molecule has 6 unspecified atom stereocenters. The van der Waals surface area contributed by atoms with E-state index in [0.717, 1.165) is 35.2 Å². The number of aliphatic hydroxyl groups is 1. The Kier molecular flexibility index (Phi) is 14.8. The highest BCUT2D eigenvalue weighted by molar-refractivity contribution is 7.22. The molecule has 0 saturated carbocycles. The zero-order valence-corrected chi connectivity index (χ0v) is 42.5. The molecule has 2 N–H and O–H groups in total. The van der Waals surface area contributed by atoms with E-state index in [1.54, 1.807) is 65.6 Å². The number of anilines is 2. The Labute approximate surface area is 449 Å². The molecule has 19 nitrogen and oxygen atoms in total. The van der Waals surface area contributed by atoms with Crippen molar-refractivity contribution in [2.45, 2.75) is 42.7 Å². The number of morpholine rings is 1. The molecule has 1 aromatic heterocycles. The van der Waals surface area contributed by atoms with Gasteiger partial charge in [0.25, 0.3) is 5.69 Å². The number of rotatable bonds is 14. The molecule has 2 fully saturated rings. The van der Waals surface area contributed by atoms with Crippen LogP contribution in [0.1, 0.15) is 58.0 Å². The summed E-state index contributed by atoms with van der Waals surface area (Å²) in [4.78, 5) is 107. The van der Waals surface area contributed by atoms with E-state index in [1.165, 1.54) is 42.5 Å². The number of cyclic esters (lactones) is 1. The largest absolute Gasteiger partial charge is 0.491 e. The third kappa shape index (κ3) is 9.44. The number of nitro groups is 1. The molecule has 1 spiro atoms. The summed E-state index contributed by atoms with van der Waals surface area (Å²) in [7, 11) is 2.24. The smallest absolute Gasteiger partial charge is 0.421 e. The predicted octanol–water partition coefficient (Wildman–Crippen LogP) is 7.92. The standard InChI is InChI=1S/C58H47N5O14S/c1-73-52(66)40(53(67)74-2)20-13-14-34-26-29-43-41(32-34)58(55(69)61(43)57(70)76-33-35-24-27-38(28-25-35)63(71)72)46(51(65)60-56-59-42-21-10-12-23-45(42)78-56)48-54(68)77-49(37-17-7-4-8-18-37)47(36-15-5-3-6-16-36)62(48)50(58)39-19-9-11-22-44(39)75-31-30-64/h3-12,15-19,21-29,32,40,46-50,64H,20,30-31,33H2,1-2H3,(H,59,60,65). The van der Waals surface area contributed by atoms with Crippen molar-refractivity contribution < 1.29 is 62.5 Å². The molecule has 20 heteroatoms. The highest BCUT2D eigenvalue weighted by Crippen LogP contribution is 2.67. The Balaban J connectivity index is 1.25. The molecule has 2 saturated heterocycles. The number of methoxy groups -OCH3 is 2. The molecule has 6 aromatic carbocycles. The Morgan fingerprint density at radius 2 is 1.51 bits per heavy atom. The van der Waals surface area contributed by atoms with Crippen molar-refractivity contribution in [1.29, 1.82) is 0 Å². The Hall–Kier alpha value is -9.29. The number of benzene rings is 6. The number of ether oxygens (including phenoxy) is 5. The molecule has 4 heterocycles. The summed E-state index contributed by atoms with van der Waals surface area (Å²) < 4.78 is 29.2. The van der Waals surface area contributed by atoms with Gasteiger partial charge in [-0.3, -0.25) is 39.0 Å². The lowest BCUT2D eigenvalue weighted by atomic mass is 9.65. The van der Waals surface area contributed by atoms with Crippen LogP contribution >= 0.6 is 11.3 Å². The van der Waals surface area contributed by atoms with Crippen molar-refractivity contribution >= 4 is 73.9 Å². The molecule has 0 aliphatic carbocycles. The van der Waals surface area contributed by atoms with E-state index in [1.807, 2.05) is 48.5 Å². The SMILES string of the molecule is COC(=O)C(CC#Cc1ccc2c(c1)C1(C(=O)N2C(=O)OCc2ccc([N+](=O)[O-])cc2)C(C(=O)Nc2nc3ccccc3s2)C2C(=O)OC(c3ccccc3)C(c3ccccc3)N2C1c1ccccc1OCCO)C(=O)OC. The lowest BCUT2D eigenvalue weighted by Crippen LogP contribution is -2.54. The van der Waals surface area contributed by atoms with Crippen LogP contribution in [-0.4, -0.2) is 89.2 Å². The van der Waals surface area contributed by atoms with Crippen LogP contribution in [0.15, 0.2) is 152 Å². The predicted molar refractivity (Wildman–Crippen MR) is 281 cm³/mol. The third-order valence-electron chi connectivity index (χ3n) is 14.0. The lowest BCUT2D eigenvalue weighted by Gasteiger charge is -2.46. The Morgan fingerprint density at radius 3 is 2.19 bits per heavy atom. The highest BCUT2D eigenvalue weighted by Gasteiger charge is 2.76. The molecule has 394 valence electrons. The minimum atomic E-state index is -2.35. The van der Waals surface area contributed by atoms with Gasteiger partial charge in [0.1, 0.15) is 36.5 Å². The normalized spacial score (nSPS) is 20.3. The fourth-order valence-corrected chi connectivity index (χ4v) is 11.6. The number of nitro benzene ring substituents is 1. The average Bonchev–Trinajstić information content (AvgIpc) is 2.71. The molecule has 7 aromatic rings. The van der Waals surface area contributed by atoms with Gasteiger partial charge in [-0.2, -0.15) is 0 Å². The molecule has 3 aliphatic rings. The van der Waals surface area contributed by atoms with E-state index in [0.29, 0.717) is 22.2 Å². The minimum Gasteiger partial charge on any atom is -0.491 e. The van der Waals surface area contributed by atoms with Gasteiger partial charge >= 0.3 is 24.0 Å². The van der Waals surface area contributed by atoms with Crippen LogP contribution in [0.5, 0.6) is 5.75 Å². The third-order valence-corrected chi connectivity index (χ3v) is 15.0. The summed E-state index contributed by atoms with van der Waals surface area (Å²) in [5.41, 5.74) is 0.0346. The molecule has 10 rings (SSSR count). The van der Waals surface area contributed by atoms with Gasteiger partial charge in [-0.1, -0.05) is 114 Å². The maximum atomic E-state index is 16.8. The maximum absolute atomic E-state index is 16.8. The number of non-ortho nitro benzene ring substituents is 1. The summed E-state index contributed by atoms with van der Waals surface area (Å²) in [6.45, 7) is -1.07. The van der Waals surface area contributed by atoms with Gasteiger partial charge in [-0.25, -0.2) is 14.7 Å². The summed E-state index contributed by atoms with van der Waals surface area (Å²) in [6, 6.07) is 37.8. The molecule has 3 amide bonds. The van der Waals surface area contributed by atoms with Crippen LogP contribution in [0.4, 0.5) is 21.3 Å². The molecule has 6 atom stereocenters. The van der Waals surface area contributed by atoms with E-state index in [2.05, 4.69) is 17.2 Å². The Bertz CT molecular complexity index is 3500. The molecule has 0 bridgehead atoms. The fourth-order valence-electron chi connectivity index (χ4n) is 10.8. The van der Waals surface area contributed by atoms with E-state index < -0.39 is 95.4 Å². The van der Waals surface area contributed by atoms with E-state index in [4.69, 9.17) is 28.7 Å². The first-order valence-corrected chi connectivity index (χ1v) is 25.3. The second-order valence-electron chi connectivity index (χ2n) is 18.3. The Morgan fingerprint density at radius 1 is 0.846 bits per heavy atom. The topological polar surface area (TPSA) is 243 Å². The number of imide groups is 1. The first-order chi connectivity index (χ1) is 37.9. The molecular formula is C58H47N5O14S. The number of nitrogens with zero attached hydrogens (tertiary/aromatic N) is 4. The quantitative estimate of drug-likeness (QED) is 0.0262. The summed E-state index contributed by atoms with van der Waals surface area (Å²) in [5.74, 6) is -1.69. The number of carbonyl (C=O) groups is 6. The monoisotopic (exact) mass is 1070 g/mol. The van der Waals surface area contributed by atoms with Crippen LogP contribution in [0, 0.1) is 33.8 Å². The van der Waals surface area contributed by atoms with Gasteiger partial charge in [0.15, 0.2) is 11.0 Å². The number of aromatic nitrogens is 1. The molecule has 3 aliphatic heterocycles. The number of carbonyl (C=O) groups excluding carboxylic acids is 6. The van der Waals surface area contributed by atoms with Crippen molar-refractivity contribution in [3.05, 3.63) is 195 Å². The van der Waals surface area contributed by atoms with Gasteiger partial charge in [0.05, 0.1) is 59.7 Å². The zero-order valence-electron chi connectivity index (χ0n) is 41.7. The van der Waals surface area contributed by atoms with Gasteiger partial charge in [-0.05, 0) is 70.8 Å². The number of para-hydroxylation sites is 2.